The summed E-state index contributed by atoms with van der Waals surface area (Å²) >= 11 is 0. The number of nitrogens with zero attached hydrogens (tertiary/aromatic N) is 8. The predicted octanol–water partition coefficient (Wildman–Crippen LogP) is 3.04. The molecule has 4 heterocycles. The van der Waals surface area contributed by atoms with Crippen LogP contribution in [0.5, 0.6) is 0 Å². The third-order valence-electron chi connectivity index (χ3n) is 6.41. The fourth-order valence-electron chi connectivity index (χ4n) is 4.44. The second kappa shape index (κ2) is 9.98. The van der Waals surface area contributed by atoms with Gasteiger partial charge in [-0.1, -0.05) is 23.8 Å². The number of rotatable bonds is 6. The fraction of sp³-hybridized carbons (Fsp3) is 0.385. The number of aromatic nitrogens is 5. The Morgan fingerprint density at radius 1 is 1.11 bits per heavy atom. The van der Waals surface area contributed by atoms with Gasteiger partial charge in [-0.05, 0) is 19.1 Å². The van der Waals surface area contributed by atoms with Crippen LogP contribution in [0, 0.1) is 6.92 Å². The molecule has 1 aliphatic heterocycles. The summed E-state index contributed by atoms with van der Waals surface area (Å²) in [6.07, 6.45) is 3.75. The minimum Gasteiger partial charge on any atom is -0.378 e. The largest absolute Gasteiger partial charge is 0.378 e. The highest BCUT2D eigenvalue weighted by Crippen LogP contribution is 2.29. The molecule has 5 rings (SSSR count). The second-order valence-electron chi connectivity index (χ2n) is 9.32. The molecule has 1 aromatic carbocycles. The lowest BCUT2D eigenvalue weighted by Gasteiger charge is -2.29. The fourth-order valence-corrected chi connectivity index (χ4v) is 4.44. The summed E-state index contributed by atoms with van der Waals surface area (Å²) < 4.78 is 9.41. The molecule has 0 N–H and O–H groups in total. The number of hydrogen-bond donors (Lipinski definition) is 0. The molecule has 10 heteroatoms. The van der Waals surface area contributed by atoms with Crippen molar-refractivity contribution in [3.63, 3.8) is 0 Å². The Morgan fingerprint density at radius 2 is 1.92 bits per heavy atom. The molecule has 0 atom stereocenters. The van der Waals surface area contributed by atoms with E-state index in [0.717, 1.165) is 47.0 Å². The maximum atomic E-state index is 12.3. The highest BCUT2D eigenvalue weighted by atomic mass is 16.5. The van der Waals surface area contributed by atoms with E-state index >= 15 is 0 Å². The van der Waals surface area contributed by atoms with Gasteiger partial charge < -0.3 is 24.0 Å². The van der Waals surface area contributed by atoms with Gasteiger partial charge in [0.05, 0.1) is 30.9 Å². The first-order valence-electron chi connectivity index (χ1n) is 12.1. The van der Waals surface area contributed by atoms with Gasteiger partial charge in [0, 0.05) is 65.1 Å². The topological polar surface area (TPSA) is 84.5 Å². The van der Waals surface area contributed by atoms with E-state index in [4.69, 9.17) is 19.8 Å². The van der Waals surface area contributed by atoms with E-state index in [0.29, 0.717) is 26.3 Å². The number of benzene rings is 1. The van der Waals surface area contributed by atoms with Crippen LogP contribution in [0.15, 0.2) is 48.9 Å². The molecule has 10 nitrogen and oxygen atoms in total. The van der Waals surface area contributed by atoms with Crippen LogP contribution in [0.4, 0.5) is 10.5 Å². The number of carbonyl (C=O) groups is 1. The zero-order valence-corrected chi connectivity index (χ0v) is 21.3. The minimum absolute atomic E-state index is 0.0395. The molecular weight excluding hydrogens is 456 g/mol. The third kappa shape index (κ3) is 4.76. The number of pyridine rings is 1. The molecule has 0 bridgehead atoms. The highest BCUT2D eigenvalue weighted by molar-refractivity contribution is 5.87. The molecule has 36 heavy (non-hydrogen) atoms. The van der Waals surface area contributed by atoms with E-state index in [9.17, 15) is 4.79 Å². The molecule has 0 saturated carbocycles. The first kappa shape index (κ1) is 23.8. The van der Waals surface area contributed by atoms with Crippen molar-refractivity contribution in [3.8, 4) is 17.1 Å². The highest BCUT2D eigenvalue weighted by Gasteiger charge is 2.20. The van der Waals surface area contributed by atoms with Crippen molar-refractivity contribution in [1.29, 1.82) is 0 Å². The molecule has 0 radical (unpaired) electrons. The molecule has 188 valence electrons. The average Bonchev–Trinajstić information content (AvgIpc) is 3.54. The standard InChI is InChI=1S/C26H32N8O2/c1-19-6-5-7-20(16-19)21-8-9-34(29-21)23-17-22(32-12-14-36-15-13-32)24-25(28-23)33(18-27-24)11-10-31(4)26(35)30(2)3/h5-9,16-18H,10-15H2,1-4H3. The maximum absolute atomic E-state index is 12.3. The Morgan fingerprint density at radius 3 is 2.67 bits per heavy atom. The van der Waals surface area contributed by atoms with Gasteiger partial charge in [0.15, 0.2) is 11.5 Å². The number of likely N-dealkylation sites (N-methyl/N-ethyl adjacent to an activating group) is 1. The van der Waals surface area contributed by atoms with E-state index in [2.05, 4.69) is 36.1 Å². The van der Waals surface area contributed by atoms with Gasteiger partial charge in [0.1, 0.15) is 5.52 Å². The van der Waals surface area contributed by atoms with Gasteiger partial charge >= 0.3 is 6.03 Å². The second-order valence-corrected chi connectivity index (χ2v) is 9.32. The van der Waals surface area contributed by atoms with Crippen molar-refractivity contribution < 1.29 is 9.53 Å². The van der Waals surface area contributed by atoms with Crippen LogP contribution in [0.2, 0.25) is 0 Å². The quantitative estimate of drug-likeness (QED) is 0.415. The summed E-state index contributed by atoms with van der Waals surface area (Å²) in [4.78, 5) is 27.5. The Hall–Kier alpha value is -3.92. The lowest BCUT2D eigenvalue weighted by atomic mass is 10.1. The van der Waals surface area contributed by atoms with Crippen molar-refractivity contribution in [2.24, 2.45) is 0 Å². The zero-order valence-electron chi connectivity index (χ0n) is 21.3. The van der Waals surface area contributed by atoms with Crippen molar-refractivity contribution in [2.75, 3.05) is 58.9 Å². The first-order chi connectivity index (χ1) is 17.4. The number of urea groups is 1. The third-order valence-corrected chi connectivity index (χ3v) is 6.41. The molecule has 1 saturated heterocycles. The van der Waals surface area contributed by atoms with E-state index < -0.39 is 0 Å². The summed E-state index contributed by atoms with van der Waals surface area (Å²) in [7, 11) is 5.31. The number of carbonyl (C=O) groups excluding carboxylic acids is 1. The molecule has 3 aromatic heterocycles. The number of aryl methyl sites for hydroxylation is 1. The van der Waals surface area contributed by atoms with Crippen molar-refractivity contribution in [1.82, 2.24) is 34.1 Å². The summed E-state index contributed by atoms with van der Waals surface area (Å²) in [5.41, 5.74) is 5.79. The SMILES string of the molecule is Cc1cccc(-c2ccn(-c3cc(N4CCOCC4)c4ncn(CCN(C)C(=O)N(C)C)c4n3)n2)c1. The number of hydrogen-bond acceptors (Lipinski definition) is 6. The Bertz CT molecular complexity index is 1370. The Kier molecular flexibility index (Phi) is 6.60. The normalized spacial score (nSPS) is 13.8. The molecule has 0 spiro atoms. The molecule has 0 aliphatic carbocycles. The van der Waals surface area contributed by atoms with Gasteiger partial charge in [-0.3, -0.25) is 0 Å². The number of imidazole rings is 1. The number of anilines is 1. The van der Waals surface area contributed by atoms with E-state index in [1.165, 1.54) is 5.56 Å². The van der Waals surface area contributed by atoms with Crippen molar-refractivity contribution in [3.05, 3.63) is 54.5 Å². The van der Waals surface area contributed by atoms with Crippen LogP contribution in [0.3, 0.4) is 0 Å². The number of amides is 2. The van der Waals surface area contributed by atoms with Gasteiger partial charge in [-0.2, -0.15) is 5.10 Å². The lowest BCUT2D eigenvalue weighted by Crippen LogP contribution is -2.38. The zero-order chi connectivity index (χ0) is 25.2. The lowest BCUT2D eigenvalue weighted by molar-refractivity contribution is 0.123. The van der Waals surface area contributed by atoms with Gasteiger partial charge in [0.25, 0.3) is 0 Å². The average molecular weight is 489 g/mol. The summed E-state index contributed by atoms with van der Waals surface area (Å²) in [6, 6.07) is 12.3. The van der Waals surface area contributed by atoms with Gasteiger partial charge in [-0.25, -0.2) is 19.4 Å². The summed E-state index contributed by atoms with van der Waals surface area (Å²) in [5, 5.41) is 4.84. The van der Waals surface area contributed by atoms with Crippen LogP contribution >= 0.6 is 0 Å². The molecule has 1 fully saturated rings. The Balaban J connectivity index is 1.52. The Labute approximate surface area is 210 Å². The van der Waals surface area contributed by atoms with Gasteiger partial charge in [-0.15, -0.1) is 0 Å². The summed E-state index contributed by atoms with van der Waals surface area (Å²) in [5.74, 6) is 0.724. The number of morpholine rings is 1. The maximum Gasteiger partial charge on any atom is 0.319 e. The first-order valence-corrected chi connectivity index (χ1v) is 12.1. The van der Waals surface area contributed by atoms with Crippen LogP contribution in [0.25, 0.3) is 28.2 Å². The minimum atomic E-state index is -0.0395. The van der Waals surface area contributed by atoms with E-state index in [-0.39, 0.29) is 6.03 Å². The monoisotopic (exact) mass is 488 g/mol. The van der Waals surface area contributed by atoms with Crippen LogP contribution in [-0.4, -0.2) is 94.1 Å². The van der Waals surface area contributed by atoms with Gasteiger partial charge in [0.2, 0.25) is 0 Å². The van der Waals surface area contributed by atoms with E-state index in [1.54, 1.807) is 37.3 Å². The number of fused-ring (bicyclic) bond motifs is 1. The molecule has 4 aromatic rings. The smallest absolute Gasteiger partial charge is 0.319 e. The van der Waals surface area contributed by atoms with Crippen molar-refractivity contribution >= 4 is 22.9 Å². The summed E-state index contributed by atoms with van der Waals surface area (Å²) in [6.45, 7) is 6.14. The predicted molar refractivity (Wildman–Crippen MR) is 140 cm³/mol. The molecule has 0 unspecified atom stereocenters. The molecule has 2 amide bonds. The van der Waals surface area contributed by atoms with E-state index in [1.807, 2.05) is 27.6 Å². The van der Waals surface area contributed by atoms with Crippen LogP contribution < -0.4 is 4.90 Å². The van der Waals surface area contributed by atoms with Crippen molar-refractivity contribution in [2.45, 2.75) is 13.5 Å². The molecule has 1 aliphatic rings. The number of ether oxygens (including phenoxy) is 1. The van der Waals surface area contributed by atoms with Crippen LogP contribution in [-0.2, 0) is 11.3 Å². The molecular formula is C26H32N8O2. The van der Waals surface area contributed by atoms with Crippen LogP contribution in [0.1, 0.15) is 5.56 Å².